The third kappa shape index (κ3) is 2.00. The van der Waals surface area contributed by atoms with Crippen molar-refractivity contribution in [1.82, 2.24) is 5.32 Å². The van der Waals surface area contributed by atoms with Gasteiger partial charge >= 0.3 is 0 Å². The van der Waals surface area contributed by atoms with E-state index in [1.54, 1.807) is 0 Å². The van der Waals surface area contributed by atoms with Crippen molar-refractivity contribution < 1.29 is 9.47 Å². The Balaban J connectivity index is 2.02. The summed E-state index contributed by atoms with van der Waals surface area (Å²) in [6, 6.07) is 4.83. The summed E-state index contributed by atoms with van der Waals surface area (Å²) in [4.78, 5) is 0. The lowest BCUT2D eigenvalue weighted by Crippen LogP contribution is -2.21. The number of fused-ring (bicyclic) bond motifs is 2. The fourth-order valence-electron chi connectivity index (χ4n) is 2.76. The molecular weight excluding hydrogens is 214 g/mol. The van der Waals surface area contributed by atoms with Crippen molar-refractivity contribution in [3.05, 3.63) is 23.3 Å². The Morgan fingerprint density at radius 1 is 1.12 bits per heavy atom. The highest BCUT2D eigenvalue weighted by Gasteiger charge is 2.22. The van der Waals surface area contributed by atoms with Crippen molar-refractivity contribution in [2.24, 2.45) is 0 Å². The van der Waals surface area contributed by atoms with E-state index in [-0.39, 0.29) is 0 Å². The number of nitrogens with one attached hydrogen (secondary N) is 1. The van der Waals surface area contributed by atoms with Crippen molar-refractivity contribution in [2.45, 2.75) is 31.7 Å². The average Bonchev–Trinajstić information content (AvgIpc) is 2.60. The largest absolute Gasteiger partial charge is 0.490 e. The van der Waals surface area contributed by atoms with Crippen LogP contribution in [0.2, 0.25) is 0 Å². The topological polar surface area (TPSA) is 30.5 Å². The Kier molecular flexibility index (Phi) is 2.93. The monoisotopic (exact) mass is 233 g/mol. The standard InChI is InChI=1S/C14H19NO2/c1-15-12-5-2-4-10-8-13-14(9-11(10)12)17-7-3-6-16-13/h8-9,12,15H,2-7H2,1H3. The van der Waals surface area contributed by atoms with Crippen LogP contribution in [0, 0.1) is 0 Å². The predicted molar refractivity (Wildman–Crippen MR) is 66.8 cm³/mol. The quantitative estimate of drug-likeness (QED) is 0.808. The molecule has 3 heteroatoms. The van der Waals surface area contributed by atoms with Gasteiger partial charge in [-0.25, -0.2) is 0 Å². The highest BCUT2D eigenvalue weighted by molar-refractivity contribution is 5.49. The fourth-order valence-corrected chi connectivity index (χ4v) is 2.76. The molecule has 0 saturated carbocycles. The molecule has 1 aromatic carbocycles. The van der Waals surface area contributed by atoms with Gasteiger partial charge in [-0.2, -0.15) is 0 Å². The first-order chi connectivity index (χ1) is 8.38. The Hall–Kier alpha value is -1.22. The summed E-state index contributed by atoms with van der Waals surface area (Å²) in [6.07, 6.45) is 4.58. The maximum Gasteiger partial charge on any atom is 0.161 e. The van der Waals surface area contributed by atoms with E-state index in [4.69, 9.17) is 9.47 Å². The fraction of sp³-hybridized carbons (Fsp3) is 0.571. The van der Waals surface area contributed by atoms with Crippen molar-refractivity contribution in [2.75, 3.05) is 20.3 Å². The second-order valence-corrected chi connectivity index (χ2v) is 4.78. The molecule has 1 aliphatic heterocycles. The Morgan fingerprint density at radius 2 is 1.88 bits per heavy atom. The number of ether oxygens (including phenoxy) is 2. The molecule has 0 fully saturated rings. The molecule has 1 heterocycles. The number of rotatable bonds is 1. The van der Waals surface area contributed by atoms with Crippen LogP contribution in [0.1, 0.15) is 36.4 Å². The molecule has 1 aliphatic carbocycles. The normalized spacial score (nSPS) is 22.8. The summed E-state index contributed by atoms with van der Waals surface area (Å²) in [5.74, 6) is 1.85. The lowest BCUT2D eigenvalue weighted by atomic mass is 9.87. The summed E-state index contributed by atoms with van der Waals surface area (Å²) in [7, 11) is 2.03. The maximum atomic E-state index is 5.75. The van der Waals surface area contributed by atoms with Gasteiger partial charge < -0.3 is 14.8 Å². The first-order valence-corrected chi connectivity index (χ1v) is 6.48. The molecule has 0 amide bonds. The molecule has 2 aliphatic rings. The van der Waals surface area contributed by atoms with E-state index in [1.165, 1.54) is 24.0 Å². The molecule has 1 aromatic rings. The molecule has 1 unspecified atom stereocenters. The lowest BCUT2D eigenvalue weighted by Gasteiger charge is -2.26. The highest BCUT2D eigenvalue weighted by atomic mass is 16.5. The molecular formula is C14H19NO2. The molecule has 92 valence electrons. The van der Waals surface area contributed by atoms with E-state index in [0.717, 1.165) is 37.6 Å². The van der Waals surface area contributed by atoms with Gasteiger partial charge in [0.05, 0.1) is 13.2 Å². The number of hydrogen-bond acceptors (Lipinski definition) is 3. The van der Waals surface area contributed by atoms with Gasteiger partial charge in [-0.15, -0.1) is 0 Å². The van der Waals surface area contributed by atoms with Crippen LogP contribution in [0.3, 0.4) is 0 Å². The summed E-state index contributed by atoms with van der Waals surface area (Å²) in [6.45, 7) is 1.53. The van der Waals surface area contributed by atoms with Crippen LogP contribution in [0.4, 0.5) is 0 Å². The highest BCUT2D eigenvalue weighted by Crippen LogP contribution is 2.39. The van der Waals surface area contributed by atoms with Gasteiger partial charge in [0.25, 0.3) is 0 Å². The third-order valence-electron chi connectivity index (χ3n) is 3.67. The summed E-state index contributed by atoms with van der Waals surface area (Å²) >= 11 is 0. The van der Waals surface area contributed by atoms with E-state index >= 15 is 0 Å². The summed E-state index contributed by atoms with van der Waals surface area (Å²) < 4.78 is 11.5. The zero-order chi connectivity index (χ0) is 11.7. The number of benzene rings is 1. The zero-order valence-electron chi connectivity index (χ0n) is 10.3. The Bertz CT molecular complexity index is 417. The smallest absolute Gasteiger partial charge is 0.161 e. The first kappa shape index (κ1) is 10.9. The molecule has 17 heavy (non-hydrogen) atoms. The van der Waals surface area contributed by atoms with Gasteiger partial charge in [-0.05, 0) is 49.6 Å². The van der Waals surface area contributed by atoms with E-state index in [0.29, 0.717) is 6.04 Å². The minimum atomic E-state index is 0.468. The van der Waals surface area contributed by atoms with Crippen LogP contribution in [0.5, 0.6) is 11.5 Å². The second-order valence-electron chi connectivity index (χ2n) is 4.78. The molecule has 0 aromatic heterocycles. The van der Waals surface area contributed by atoms with Crippen molar-refractivity contribution in [3.63, 3.8) is 0 Å². The van der Waals surface area contributed by atoms with Crippen LogP contribution in [-0.4, -0.2) is 20.3 Å². The van der Waals surface area contributed by atoms with Gasteiger partial charge in [-0.3, -0.25) is 0 Å². The second kappa shape index (κ2) is 4.57. The minimum absolute atomic E-state index is 0.468. The van der Waals surface area contributed by atoms with Crippen molar-refractivity contribution in [3.8, 4) is 11.5 Å². The molecule has 0 saturated heterocycles. The summed E-state index contributed by atoms with van der Waals surface area (Å²) in [5.41, 5.74) is 2.81. The molecule has 3 rings (SSSR count). The Labute approximate surface area is 102 Å². The molecule has 0 radical (unpaired) electrons. The van der Waals surface area contributed by atoms with E-state index < -0.39 is 0 Å². The van der Waals surface area contributed by atoms with Gasteiger partial charge in [-0.1, -0.05) is 0 Å². The van der Waals surface area contributed by atoms with Crippen LogP contribution in [-0.2, 0) is 6.42 Å². The molecule has 3 nitrogen and oxygen atoms in total. The third-order valence-corrected chi connectivity index (χ3v) is 3.67. The molecule has 0 bridgehead atoms. The van der Waals surface area contributed by atoms with Gasteiger partial charge in [0.1, 0.15) is 0 Å². The van der Waals surface area contributed by atoms with Gasteiger partial charge in [0, 0.05) is 12.5 Å². The van der Waals surface area contributed by atoms with Crippen LogP contribution < -0.4 is 14.8 Å². The van der Waals surface area contributed by atoms with Crippen molar-refractivity contribution in [1.29, 1.82) is 0 Å². The van der Waals surface area contributed by atoms with Crippen LogP contribution >= 0.6 is 0 Å². The van der Waals surface area contributed by atoms with E-state index in [2.05, 4.69) is 17.4 Å². The molecule has 1 atom stereocenters. The average molecular weight is 233 g/mol. The van der Waals surface area contributed by atoms with Gasteiger partial charge in [0.15, 0.2) is 11.5 Å². The first-order valence-electron chi connectivity index (χ1n) is 6.48. The number of aryl methyl sites for hydroxylation is 1. The van der Waals surface area contributed by atoms with Crippen LogP contribution in [0.25, 0.3) is 0 Å². The van der Waals surface area contributed by atoms with E-state index in [9.17, 15) is 0 Å². The summed E-state index contributed by atoms with van der Waals surface area (Å²) in [5, 5.41) is 3.39. The Morgan fingerprint density at radius 3 is 2.65 bits per heavy atom. The zero-order valence-corrected chi connectivity index (χ0v) is 10.3. The van der Waals surface area contributed by atoms with Crippen LogP contribution in [0.15, 0.2) is 12.1 Å². The maximum absolute atomic E-state index is 5.75. The number of hydrogen-bond donors (Lipinski definition) is 1. The van der Waals surface area contributed by atoms with Crippen molar-refractivity contribution >= 4 is 0 Å². The molecule has 0 spiro atoms. The van der Waals surface area contributed by atoms with E-state index in [1.807, 2.05) is 7.05 Å². The SMILES string of the molecule is CNC1CCCc2cc3c(cc21)OCCCO3. The van der Waals surface area contributed by atoms with Gasteiger partial charge in [0.2, 0.25) is 0 Å². The molecule has 1 N–H and O–H groups in total. The predicted octanol–water partition coefficient (Wildman–Crippen LogP) is 2.44. The minimum Gasteiger partial charge on any atom is -0.490 e. The lowest BCUT2D eigenvalue weighted by molar-refractivity contribution is 0.297.